The smallest absolute Gasteiger partial charge is 0.239 e. The molecule has 1 aromatic heterocycles. The molecule has 0 unspecified atom stereocenters. The van der Waals surface area contributed by atoms with Crippen LogP contribution in [0.1, 0.15) is 11.1 Å². The molecule has 0 fully saturated rings. The van der Waals surface area contributed by atoms with Gasteiger partial charge in [0.1, 0.15) is 5.75 Å². The summed E-state index contributed by atoms with van der Waals surface area (Å²) < 4.78 is 28.1. The minimum atomic E-state index is -3.85. The van der Waals surface area contributed by atoms with Gasteiger partial charge in [-0.2, -0.15) is 0 Å². The summed E-state index contributed by atoms with van der Waals surface area (Å²) >= 11 is 5.96. The van der Waals surface area contributed by atoms with Gasteiger partial charge in [-0.05, 0) is 48.4 Å². The van der Waals surface area contributed by atoms with Crippen molar-refractivity contribution in [2.75, 3.05) is 11.1 Å². The Morgan fingerprint density at radius 2 is 1.74 bits per heavy atom. The number of amides is 1. The van der Waals surface area contributed by atoms with Gasteiger partial charge in [0.25, 0.3) is 0 Å². The summed E-state index contributed by atoms with van der Waals surface area (Å²) in [4.78, 5) is 12.6. The Bertz CT molecular complexity index is 1360. The molecule has 0 radical (unpaired) electrons. The van der Waals surface area contributed by atoms with Crippen molar-refractivity contribution in [1.29, 1.82) is 0 Å². The van der Waals surface area contributed by atoms with Crippen molar-refractivity contribution in [3.05, 3.63) is 95.1 Å². The molecule has 1 N–H and O–H groups in total. The summed E-state index contributed by atoms with van der Waals surface area (Å²) in [6, 6.07) is 21.9. The second-order valence-corrected chi connectivity index (χ2v) is 9.84. The molecule has 1 amide bonds. The van der Waals surface area contributed by atoms with Crippen LogP contribution >= 0.6 is 11.6 Å². The first-order valence-corrected chi connectivity index (χ1v) is 11.8. The SMILES string of the molecule is Cc1cccc(NC(=O)CS(=O)(=O)c2cn(Cc3ccc(Cl)cc3)c3ccccc23)c1. The monoisotopic (exact) mass is 452 g/mol. The van der Waals surface area contributed by atoms with Gasteiger partial charge in [-0.3, -0.25) is 4.79 Å². The largest absolute Gasteiger partial charge is 0.342 e. The van der Waals surface area contributed by atoms with Gasteiger partial charge in [-0.15, -0.1) is 0 Å². The Morgan fingerprint density at radius 3 is 2.48 bits per heavy atom. The van der Waals surface area contributed by atoms with Crippen LogP contribution in [0.15, 0.2) is 83.9 Å². The Balaban J connectivity index is 1.63. The van der Waals surface area contributed by atoms with Crippen LogP contribution in [0, 0.1) is 6.92 Å². The number of carbonyl (C=O) groups excluding carboxylic acids is 1. The zero-order chi connectivity index (χ0) is 22.0. The van der Waals surface area contributed by atoms with Gasteiger partial charge in [0.2, 0.25) is 5.91 Å². The van der Waals surface area contributed by atoms with E-state index >= 15 is 0 Å². The normalized spacial score (nSPS) is 11.5. The Kier molecular flexibility index (Phi) is 5.85. The number of fused-ring (bicyclic) bond motifs is 1. The predicted octanol–water partition coefficient (Wildman–Crippen LogP) is 5.06. The van der Waals surface area contributed by atoms with Crippen molar-refractivity contribution in [1.82, 2.24) is 4.57 Å². The van der Waals surface area contributed by atoms with E-state index in [1.54, 1.807) is 42.6 Å². The number of para-hydroxylation sites is 1. The summed E-state index contributed by atoms with van der Waals surface area (Å²) in [5.74, 6) is -1.20. The molecular weight excluding hydrogens is 432 g/mol. The van der Waals surface area contributed by atoms with Crippen molar-refractivity contribution in [2.24, 2.45) is 0 Å². The van der Waals surface area contributed by atoms with Crippen LogP contribution in [0.25, 0.3) is 10.9 Å². The molecular formula is C24H21ClN2O3S. The average molecular weight is 453 g/mol. The van der Waals surface area contributed by atoms with Gasteiger partial charge in [0.05, 0.1) is 4.90 Å². The summed E-state index contributed by atoms with van der Waals surface area (Å²) in [5.41, 5.74) is 3.33. The first-order valence-electron chi connectivity index (χ1n) is 9.73. The maximum absolute atomic E-state index is 13.1. The van der Waals surface area contributed by atoms with E-state index in [4.69, 9.17) is 11.6 Å². The molecule has 3 aromatic carbocycles. The molecule has 0 aliphatic heterocycles. The molecule has 0 saturated heterocycles. The first-order chi connectivity index (χ1) is 14.8. The maximum Gasteiger partial charge on any atom is 0.239 e. The minimum Gasteiger partial charge on any atom is -0.342 e. The Hall–Kier alpha value is -3.09. The summed E-state index contributed by atoms with van der Waals surface area (Å²) in [6.45, 7) is 2.39. The van der Waals surface area contributed by atoms with E-state index in [9.17, 15) is 13.2 Å². The van der Waals surface area contributed by atoms with E-state index < -0.39 is 21.5 Å². The van der Waals surface area contributed by atoms with E-state index in [0.29, 0.717) is 22.6 Å². The van der Waals surface area contributed by atoms with E-state index in [1.807, 2.05) is 47.9 Å². The fraction of sp³-hybridized carbons (Fsp3) is 0.125. The van der Waals surface area contributed by atoms with E-state index in [1.165, 1.54) is 0 Å². The third-order valence-electron chi connectivity index (χ3n) is 4.98. The van der Waals surface area contributed by atoms with Crippen LogP contribution in [-0.2, 0) is 21.2 Å². The van der Waals surface area contributed by atoms with Crippen molar-refractivity contribution in [3.63, 3.8) is 0 Å². The number of sulfone groups is 1. The molecule has 0 saturated carbocycles. The number of nitrogens with one attached hydrogen (secondary N) is 1. The lowest BCUT2D eigenvalue weighted by Gasteiger charge is -2.07. The molecule has 7 heteroatoms. The molecule has 0 aliphatic carbocycles. The Labute approximate surface area is 186 Å². The number of anilines is 1. The number of nitrogens with zero attached hydrogens (tertiary/aromatic N) is 1. The molecule has 0 spiro atoms. The zero-order valence-corrected chi connectivity index (χ0v) is 18.5. The Morgan fingerprint density at radius 1 is 1.00 bits per heavy atom. The van der Waals surface area contributed by atoms with Crippen LogP contribution in [0.4, 0.5) is 5.69 Å². The fourth-order valence-corrected chi connectivity index (χ4v) is 5.04. The number of aromatic nitrogens is 1. The van der Waals surface area contributed by atoms with Crippen LogP contribution in [0.3, 0.4) is 0 Å². The van der Waals surface area contributed by atoms with Crippen LogP contribution in [0.2, 0.25) is 5.02 Å². The number of aryl methyl sites for hydroxylation is 1. The standard InChI is InChI=1S/C24H21ClN2O3S/c1-17-5-4-6-20(13-17)26-24(28)16-31(29,30)23-15-27(22-8-3-2-7-21(22)23)14-18-9-11-19(25)12-10-18/h2-13,15H,14,16H2,1H3,(H,26,28). The van der Waals surface area contributed by atoms with Gasteiger partial charge >= 0.3 is 0 Å². The molecule has 31 heavy (non-hydrogen) atoms. The van der Waals surface area contributed by atoms with Gasteiger partial charge in [0.15, 0.2) is 9.84 Å². The van der Waals surface area contributed by atoms with Crippen LogP contribution < -0.4 is 5.32 Å². The zero-order valence-electron chi connectivity index (χ0n) is 16.9. The lowest BCUT2D eigenvalue weighted by Crippen LogP contribution is -2.23. The third kappa shape index (κ3) is 4.81. The van der Waals surface area contributed by atoms with Gasteiger partial charge in [0, 0.05) is 34.4 Å². The maximum atomic E-state index is 13.1. The molecule has 0 atom stereocenters. The lowest BCUT2D eigenvalue weighted by molar-refractivity contribution is -0.113. The number of rotatable bonds is 6. The number of benzene rings is 3. The third-order valence-corrected chi connectivity index (χ3v) is 6.87. The molecule has 158 valence electrons. The van der Waals surface area contributed by atoms with Gasteiger partial charge < -0.3 is 9.88 Å². The number of carbonyl (C=O) groups is 1. The summed E-state index contributed by atoms with van der Waals surface area (Å²) in [7, 11) is -3.85. The molecule has 0 bridgehead atoms. The van der Waals surface area contributed by atoms with E-state index in [0.717, 1.165) is 16.6 Å². The first kappa shape index (κ1) is 21.2. The highest BCUT2D eigenvalue weighted by Gasteiger charge is 2.24. The van der Waals surface area contributed by atoms with Crippen LogP contribution in [0.5, 0.6) is 0 Å². The second-order valence-electron chi connectivity index (χ2n) is 7.44. The molecule has 0 aliphatic rings. The molecule has 4 rings (SSSR count). The van der Waals surface area contributed by atoms with E-state index in [-0.39, 0.29) is 4.90 Å². The number of hydrogen-bond acceptors (Lipinski definition) is 3. The van der Waals surface area contributed by atoms with Crippen molar-refractivity contribution in [3.8, 4) is 0 Å². The van der Waals surface area contributed by atoms with E-state index in [2.05, 4.69) is 5.32 Å². The molecule has 5 nitrogen and oxygen atoms in total. The van der Waals surface area contributed by atoms with Gasteiger partial charge in [-0.25, -0.2) is 8.42 Å². The van der Waals surface area contributed by atoms with Crippen molar-refractivity contribution in [2.45, 2.75) is 18.4 Å². The summed E-state index contributed by atoms with van der Waals surface area (Å²) in [5, 5.41) is 3.91. The van der Waals surface area contributed by atoms with Crippen molar-refractivity contribution >= 4 is 43.9 Å². The average Bonchev–Trinajstić information content (AvgIpc) is 3.09. The highest BCUT2D eigenvalue weighted by Crippen LogP contribution is 2.27. The van der Waals surface area contributed by atoms with Gasteiger partial charge in [-0.1, -0.05) is 54.1 Å². The molecule has 4 aromatic rings. The fourth-order valence-electron chi connectivity index (χ4n) is 3.55. The highest BCUT2D eigenvalue weighted by molar-refractivity contribution is 7.92. The number of halogens is 1. The van der Waals surface area contributed by atoms with Crippen molar-refractivity contribution < 1.29 is 13.2 Å². The second kappa shape index (κ2) is 8.57. The number of hydrogen-bond donors (Lipinski definition) is 1. The predicted molar refractivity (Wildman–Crippen MR) is 124 cm³/mol. The molecule has 1 heterocycles. The quantitative estimate of drug-likeness (QED) is 0.444. The van der Waals surface area contributed by atoms with Crippen LogP contribution in [-0.4, -0.2) is 24.6 Å². The lowest BCUT2D eigenvalue weighted by atomic mass is 10.2. The highest BCUT2D eigenvalue weighted by atomic mass is 35.5. The summed E-state index contributed by atoms with van der Waals surface area (Å²) in [6.07, 6.45) is 1.61. The topological polar surface area (TPSA) is 68.2 Å². The minimum absolute atomic E-state index is 0.149.